The van der Waals surface area contributed by atoms with Crippen molar-refractivity contribution in [2.75, 3.05) is 5.73 Å². The molecule has 2 bridgehead atoms. The number of nitrogens with zero attached hydrogens (tertiary/aromatic N) is 1. The Kier molecular flexibility index (Phi) is 3.12. The van der Waals surface area contributed by atoms with Crippen LogP contribution in [0.5, 0.6) is 0 Å². The summed E-state index contributed by atoms with van der Waals surface area (Å²) in [6, 6.07) is 1.56. The molecule has 2 aliphatic heterocycles. The van der Waals surface area contributed by atoms with Crippen LogP contribution in [0.1, 0.15) is 36.0 Å². The molecule has 3 rings (SSSR count). The van der Waals surface area contributed by atoms with Gasteiger partial charge < -0.3 is 15.7 Å². The number of halogens is 2. The summed E-state index contributed by atoms with van der Waals surface area (Å²) in [6.45, 7) is 0. The Morgan fingerprint density at radius 1 is 1.25 bits per heavy atom. The molecule has 2 atom stereocenters. The van der Waals surface area contributed by atoms with Crippen LogP contribution in [0.15, 0.2) is 12.1 Å². The standard InChI is InChI=1S/C14H16F2N2O2/c15-7-3-11(13(16)12(17)4-7)14(20)18-8-1-2-9(18)6-10(19)5-8/h3-4,8-10,19H,1-2,5-6,17H2. The lowest BCUT2D eigenvalue weighted by molar-refractivity contribution is 0.0283. The van der Waals surface area contributed by atoms with Gasteiger partial charge in [-0.15, -0.1) is 0 Å². The van der Waals surface area contributed by atoms with Crippen molar-refractivity contribution in [3.63, 3.8) is 0 Å². The van der Waals surface area contributed by atoms with Crippen LogP contribution in [0.3, 0.4) is 0 Å². The molecule has 6 heteroatoms. The molecule has 0 aromatic heterocycles. The minimum absolute atomic E-state index is 0.0971. The highest BCUT2D eigenvalue weighted by atomic mass is 19.1. The van der Waals surface area contributed by atoms with Crippen molar-refractivity contribution in [2.45, 2.75) is 43.9 Å². The summed E-state index contributed by atoms with van der Waals surface area (Å²) in [4.78, 5) is 14.1. The Morgan fingerprint density at radius 3 is 2.45 bits per heavy atom. The van der Waals surface area contributed by atoms with Gasteiger partial charge in [0, 0.05) is 12.1 Å². The van der Waals surface area contributed by atoms with Crippen LogP contribution < -0.4 is 5.73 Å². The van der Waals surface area contributed by atoms with Crippen molar-refractivity contribution < 1.29 is 18.7 Å². The number of fused-ring (bicyclic) bond motifs is 2. The number of benzene rings is 1. The summed E-state index contributed by atoms with van der Waals surface area (Å²) in [7, 11) is 0. The maximum absolute atomic E-state index is 13.9. The van der Waals surface area contributed by atoms with E-state index in [4.69, 9.17) is 5.73 Å². The van der Waals surface area contributed by atoms with Crippen molar-refractivity contribution in [3.05, 3.63) is 29.3 Å². The number of aliphatic hydroxyl groups excluding tert-OH is 1. The van der Waals surface area contributed by atoms with Gasteiger partial charge in [-0.25, -0.2) is 8.78 Å². The van der Waals surface area contributed by atoms with Crippen LogP contribution >= 0.6 is 0 Å². The smallest absolute Gasteiger partial charge is 0.257 e. The molecule has 1 amide bonds. The molecule has 108 valence electrons. The molecule has 2 unspecified atom stereocenters. The molecule has 2 heterocycles. The van der Waals surface area contributed by atoms with E-state index in [1.807, 2.05) is 0 Å². The number of carbonyl (C=O) groups is 1. The van der Waals surface area contributed by atoms with Gasteiger partial charge in [0.25, 0.3) is 5.91 Å². The molecule has 20 heavy (non-hydrogen) atoms. The molecule has 0 aliphatic carbocycles. The van der Waals surface area contributed by atoms with Gasteiger partial charge in [-0.2, -0.15) is 0 Å². The molecule has 2 aliphatic rings. The summed E-state index contributed by atoms with van der Waals surface area (Å²) in [6.07, 6.45) is 2.15. The second-order valence-electron chi connectivity index (χ2n) is 5.58. The predicted molar refractivity (Wildman–Crippen MR) is 69.0 cm³/mol. The monoisotopic (exact) mass is 282 g/mol. The van der Waals surface area contributed by atoms with Gasteiger partial charge in [0.1, 0.15) is 5.82 Å². The second-order valence-corrected chi connectivity index (χ2v) is 5.58. The van der Waals surface area contributed by atoms with Crippen LogP contribution in [0.4, 0.5) is 14.5 Å². The number of hydrogen-bond donors (Lipinski definition) is 2. The number of hydrogen-bond acceptors (Lipinski definition) is 3. The van der Waals surface area contributed by atoms with Gasteiger partial charge in [0.05, 0.1) is 17.4 Å². The Morgan fingerprint density at radius 2 is 1.85 bits per heavy atom. The summed E-state index contributed by atoms with van der Waals surface area (Å²) < 4.78 is 27.3. The molecule has 0 spiro atoms. The van der Waals surface area contributed by atoms with Crippen LogP contribution in [-0.4, -0.2) is 34.1 Å². The van der Waals surface area contributed by atoms with Gasteiger partial charge in [-0.1, -0.05) is 0 Å². The molecular weight excluding hydrogens is 266 g/mol. The Balaban J connectivity index is 1.94. The zero-order valence-corrected chi connectivity index (χ0v) is 10.9. The topological polar surface area (TPSA) is 66.6 Å². The largest absolute Gasteiger partial charge is 0.396 e. The third-order valence-electron chi connectivity index (χ3n) is 4.24. The molecule has 2 saturated heterocycles. The minimum Gasteiger partial charge on any atom is -0.396 e. The average Bonchev–Trinajstić information content (AvgIpc) is 2.65. The first-order valence-corrected chi connectivity index (χ1v) is 6.72. The van der Waals surface area contributed by atoms with E-state index in [0.717, 1.165) is 25.0 Å². The van der Waals surface area contributed by atoms with E-state index >= 15 is 0 Å². The van der Waals surface area contributed by atoms with Gasteiger partial charge in [-0.3, -0.25) is 4.79 Å². The van der Waals surface area contributed by atoms with Crippen LogP contribution in [0, 0.1) is 11.6 Å². The van der Waals surface area contributed by atoms with E-state index in [-0.39, 0.29) is 23.3 Å². The van der Waals surface area contributed by atoms with Crippen LogP contribution in [0.25, 0.3) is 0 Å². The number of amides is 1. The fourth-order valence-corrected chi connectivity index (χ4v) is 3.38. The number of nitrogen functional groups attached to an aromatic ring is 1. The Labute approximate surface area is 115 Å². The van der Waals surface area contributed by atoms with Gasteiger partial charge >= 0.3 is 0 Å². The first-order chi connectivity index (χ1) is 9.47. The van der Waals surface area contributed by atoms with E-state index in [1.54, 1.807) is 4.90 Å². The predicted octanol–water partition coefficient (Wildman–Crippen LogP) is 1.67. The molecular formula is C14H16F2N2O2. The van der Waals surface area contributed by atoms with E-state index in [0.29, 0.717) is 12.8 Å². The van der Waals surface area contributed by atoms with E-state index in [2.05, 4.69) is 0 Å². The summed E-state index contributed by atoms with van der Waals surface area (Å²) in [5.41, 5.74) is 4.68. The Bertz CT molecular complexity index is 550. The fraction of sp³-hybridized carbons (Fsp3) is 0.500. The highest BCUT2D eigenvalue weighted by Crippen LogP contribution is 2.37. The van der Waals surface area contributed by atoms with Crippen molar-refractivity contribution >= 4 is 11.6 Å². The zero-order valence-electron chi connectivity index (χ0n) is 10.9. The summed E-state index contributed by atoms with van der Waals surface area (Å²) in [5, 5.41) is 9.71. The van der Waals surface area contributed by atoms with E-state index in [9.17, 15) is 18.7 Å². The molecule has 1 aromatic rings. The molecule has 4 nitrogen and oxygen atoms in total. The fourth-order valence-electron chi connectivity index (χ4n) is 3.38. The van der Waals surface area contributed by atoms with E-state index in [1.165, 1.54) is 0 Å². The van der Waals surface area contributed by atoms with Gasteiger partial charge in [0.2, 0.25) is 0 Å². The summed E-state index contributed by atoms with van der Waals surface area (Å²) in [5.74, 6) is -2.13. The van der Waals surface area contributed by atoms with Crippen molar-refractivity contribution in [3.8, 4) is 0 Å². The quantitative estimate of drug-likeness (QED) is 0.770. The third kappa shape index (κ3) is 2.04. The maximum atomic E-state index is 13.9. The lowest BCUT2D eigenvalue weighted by Crippen LogP contribution is -2.48. The number of anilines is 1. The van der Waals surface area contributed by atoms with Crippen molar-refractivity contribution in [2.24, 2.45) is 0 Å². The SMILES string of the molecule is Nc1cc(F)cc(C(=O)N2C3CCC2CC(O)C3)c1F. The lowest BCUT2D eigenvalue weighted by atomic mass is 9.98. The zero-order chi connectivity index (χ0) is 14.4. The normalized spacial score (nSPS) is 28.8. The highest BCUT2D eigenvalue weighted by molar-refractivity contribution is 5.96. The van der Waals surface area contributed by atoms with Crippen LogP contribution in [-0.2, 0) is 0 Å². The number of piperidine rings is 1. The number of carbonyl (C=O) groups excluding carboxylic acids is 1. The molecule has 2 fully saturated rings. The summed E-state index contributed by atoms with van der Waals surface area (Å²) >= 11 is 0. The van der Waals surface area contributed by atoms with Crippen LogP contribution in [0.2, 0.25) is 0 Å². The van der Waals surface area contributed by atoms with Crippen molar-refractivity contribution in [1.29, 1.82) is 0 Å². The average molecular weight is 282 g/mol. The molecule has 0 radical (unpaired) electrons. The minimum atomic E-state index is -0.873. The second kappa shape index (κ2) is 4.70. The number of aliphatic hydroxyl groups is 1. The highest BCUT2D eigenvalue weighted by Gasteiger charge is 2.43. The third-order valence-corrected chi connectivity index (χ3v) is 4.24. The first kappa shape index (κ1) is 13.3. The van der Waals surface area contributed by atoms with Crippen molar-refractivity contribution in [1.82, 2.24) is 4.90 Å². The number of nitrogens with two attached hydrogens (primary N) is 1. The maximum Gasteiger partial charge on any atom is 0.257 e. The van der Waals surface area contributed by atoms with Gasteiger partial charge in [0.15, 0.2) is 5.82 Å². The lowest BCUT2D eigenvalue weighted by Gasteiger charge is -2.37. The Hall–Kier alpha value is -1.69. The number of rotatable bonds is 1. The van der Waals surface area contributed by atoms with Gasteiger partial charge in [-0.05, 0) is 37.8 Å². The first-order valence-electron chi connectivity index (χ1n) is 6.72. The molecule has 1 aromatic carbocycles. The molecule has 3 N–H and O–H groups in total. The molecule has 0 saturated carbocycles. The van der Waals surface area contributed by atoms with E-state index < -0.39 is 23.6 Å².